The van der Waals surface area contributed by atoms with E-state index in [1.165, 1.54) is 0 Å². The molecule has 2 unspecified atom stereocenters. The minimum absolute atomic E-state index is 0.0334. The van der Waals surface area contributed by atoms with E-state index in [1.807, 2.05) is 67.6 Å². The fourth-order valence-electron chi connectivity index (χ4n) is 1.62. The molecule has 0 fully saturated rings. The normalized spacial score (nSPS) is 13.6. The molecule has 3 heteroatoms. The fourth-order valence-corrected chi connectivity index (χ4v) is 1.86. The van der Waals surface area contributed by atoms with Crippen molar-refractivity contribution in [2.24, 2.45) is 0 Å². The van der Waals surface area contributed by atoms with Crippen molar-refractivity contribution in [1.29, 1.82) is 0 Å². The lowest BCUT2D eigenvalue weighted by Gasteiger charge is -2.20. The highest BCUT2D eigenvalue weighted by atomic mass is 79.9. The maximum Gasteiger partial charge on any atom is 0.119 e. The van der Waals surface area contributed by atoms with E-state index in [9.17, 15) is 0 Å². The number of halogens is 1. The van der Waals surface area contributed by atoms with Gasteiger partial charge in [-0.15, -0.1) is 0 Å². The van der Waals surface area contributed by atoms with Crippen molar-refractivity contribution in [3.8, 4) is 11.5 Å². The second-order valence-corrected chi connectivity index (χ2v) is 5.45. The smallest absolute Gasteiger partial charge is 0.119 e. The zero-order valence-corrected chi connectivity index (χ0v) is 12.4. The summed E-state index contributed by atoms with van der Waals surface area (Å²) in [6.07, 6.45) is 0.0334. The van der Waals surface area contributed by atoms with Crippen LogP contribution in [0.1, 0.15) is 6.92 Å². The van der Waals surface area contributed by atoms with Crippen LogP contribution in [-0.4, -0.2) is 17.5 Å². The zero-order valence-electron chi connectivity index (χ0n) is 10.8. The van der Waals surface area contributed by atoms with Gasteiger partial charge in [0, 0.05) is 0 Å². The van der Waals surface area contributed by atoms with Crippen molar-refractivity contribution >= 4 is 15.9 Å². The van der Waals surface area contributed by atoms with Crippen LogP contribution in [0.5, 0.6) is 11.5 Å². The lowest BCUT2D eigenvalue weighted by molar-refractivity contribution is 0.187. The molecule has 0 saturated heterocycles. The number of benzene rings is 2. The van der Waals surface area contributed by atoms with Gasteiger partial charge in [-0.1, -0.05) is 52.3 Å². The predicted octanol–water partition coefficient (Wildman–Crippen LogP) is 4.30. The quantitative estimate of drug-likeness (QED) is 0.739. The van der Waals surface area contributed by atoms with E-state index in [4.69, 9.17) is 9.47 Å². The molecule has 0 spiro atoms. The summed E-state index contributed by atoms with van der Waals surface area (Å²) in [5, 5.41) is 0. The third kappa shape index (κ3) is 4.60. The van der Waals surface area contributed by atoms with Crippen molar-refractivity contribution in [3.63, 3.8) is 0 Å². The summed E-state index contributed by atoms with van der Waals surface area (Å²) in [6.45, 7) is 2.60. The summed E-state index contributed by atoms with van der Waals surface area (Å²) in [5.74, 6) is 1.75. The average molecular weight is 321 g/mol. The third-order valence-electron chi connectivity index (χ3n) is 2.73. The first-order valence-corrected chi connectivity index (χ1v) is 7.21. The summed E-state index contributed by atoms with van der Waals surface area (Å²) < 4.78 is 11.5. The van der Waals surface area contributed by atoms with Crippen molar-refractivity contribution in [1.82, 2.24) is 0 Å². The van der Waals surface area contributed by atoms with Crippen LogP contribution in [0.4, 0.5) is 0 Å². The lowest BCUT2D eigenvalue weighted by atomic mass is 10.3. The first kappa shape index (κ1) is 13.9. The van der Waals surface area contributed by atoms with Gasteiger partial charge in [0.25, 0.3) is 0 Å². The molecule has 2 atom stereocenters. The number of para-hydroxylation sites is 2. The molecule has 0 saturated carbocycles. The van der Waals surface area contributed by atoms with Gasteiger partial charge >= 0.3 is 0 Å². The van der Waals surface area contributed by atoms with E-state index in [0.29, 0.717) is 6.61 Å². The van der Waals surface area contributed by atoms with Crippen molar-refractivity contribution < 1.29 is 9.47 Å². The number of hydrogen-bond acceptors (Lipinski definition) is 2. The summed E-state index contributed by atoms with van der Waals surface area (Å²) in [5.41, 5.74) is 0. The molecule has 0 aromatic heterocycles. The Morgan fingerprint density at radius 1 is 0.895 bits per heavy atom. The van der Waals surface area contributed by atoms with E-state index >= 15 is 0 Å². The molecule has 0 heterocycles. The molecule has 100 valence electrons. The highest BCUT2D eigenvalue weighted by Gasteiger charge is 2.16. The maximum absolute atomic E-state index is 5.84. The summed E-state index contributed by atoms with van der Waals surface area (Å²) in [7, 11) is 0. The van der Waals surface area contributed by atoms with Gasteiger partial charge in [-0.3, -0.25) is 0 Å². The first-order valence-electron chi connectivity index (χ1n) is 6.29. The topological polar surface area (TPSA) is 18.5 Å². The van der Waals surface area contributed by atoms with Gasteiger partial charge < -0.3 is 9.47 Å². The molecule has 19 heavy (non-hydrogen) atoms. The molecule has 2 rings (SSSR count). The van der Waals surface area contributed by atoms with Crippen LogP contribution in [-0.2, 0) is 0 Å². The van der Waals surface area contributed by atoms with Gasteiger partial charge in [-0.2, -0.15) is 0 Å². The summed E-state index contributed by atoms with van der Waals surface area (Å²) in [4.78, 5) is 0.132. The van der Waals surface area contributed by atoms with Gasteiger partial charge in [0.15, 0.2) is 0 Å². The van der Waals surface area contributed by atoms with Crippen LogP contribution in [0, 0.1) is 0 Å². The van der Waals surface area contributed by atoms with E-state index in [-0.39, 0.29) is 10.9 Å². The van der Waals surface area contributed by atoms with Crippen molar-refractivity contribution in [3.05, 3.63) is 60.7 Å². The van der Waals surface area contributed by atoms with Crippen LogP contribution in [0.25, 0.3) is 0 Å². The van der Waals surface area contributed by atoms with Gasteiger partial charge in [-0.25, -0.2) is 0 Å². The Morgan fingerprint density at radius 2 is 1.42 bits per heavy atom. The molecule has 2 nitrogen and oxygen atoms in total. The number of hydrogen-bond donors (Lipinski definition) is 0. The van der Waals surface area contributed by atoms with Crippen LogP contribution in [0.2, 0.25) is 0 Å². The summed E-state index contributed by atoms with van der Waals surface area (Å²) >= 11 is 3.61. The Hall–Kier alpha value is -1.48. The second-order valence-electron chi connectivity index (χ2n) is 4.28. The van der Waals surface area contributed by atoms with Crippen LogP contribution in [0.15, 0.2) is 60.7 Å². The molecule has 0 aliphatic carbocycles. The van der Waals surface area contributed by atoms with E-state index in [0.717, 1.165) is 11.5 Å². The Balaban J connectivity index is 1.81. The standard InChI is InChI=1S/C16H17BrO2/c1-13(19-15-10-6-3-7-11-15)16(17)12-18-14-8-4-2-5-9-14/h2-11,13,16H,12H2,1H3. The van der Waals surface area contributed by atoms with Crippen LogP contribution < -0.4 is 9.47 Å². The second kappa shape index (κ2) is 7.19. The highest BCUT2D eigenvalue weighted by molar-refractivity contribution is 9.09. The van der Waals surface area contributed by atoms with Gasteiger partial charge in [0.1, 0.15) is 24.2 Å². The molecular formula is C16H17BrO2. The van der Waals surface area contributed by atoms with Gasteiger partial charge in [0.05, 0.1) is 4.83 Å². The van der Waals surface area contributed by atoms with Crippen LogP contribution >= 0.6 is 15.9 Å². The minimum atomic E-state index is 0.0334. The monoisotopic (exact) mass is 320 g/mol. The lowest BCUT2D eigenvalue weighted by Crippen LogP contribution is -2.29. The average Bonchev–Trinajstić information content (AvgIpc) is 2.47. The van der Waals surface area contributed by atoms with E-state index < -0.39 is 0 Å². The minimum Gasteiger partial charge on any atom is -0.492 e. The Labute approximate surface area is 122 Å². The number of ether oxygens (including phenoxy) is 2. The molecular weight excluding hydrogens is 304 g/mol. The van der Waals surface area contributed by atoms with Crippen molar-refractivity contribution in [2.75, 3.05) is 6.61 Å². The van der Waals surface area contributed by atoms with E-state index in [2.05, 4.69) is 15.9 Å². The van der Waals surface area contributed by atoms with Gasteiger partial charge in [0.2, 0.25) is 0 Å². The molecule has 0 radical (unpaired) electrons. The molecule has 0 aliphatic rings. The molecule has 0 N–H and O–H groups in total. The first-order chi connectivity index (χ1) is 9.25. The Bertz CT molecular complexity index is 473. The third-order valence-corrected chi connectivity index (χ3v) is 3.74. The predicted molar refractivity (Wildman–Crippen MR) is 81.2 cm³/mol. The summed E-state index contributed by atoms with van der Waals surface area (Å²) in [6, 6.07) is 19.6. The fraction of sp³-hybridized carbons (Fsp3) is 0.250. The Morgan fingerprint density at radius 3 is 2.00 bits per heavy atom. The molecule has 0 aliphatic heterocycles. The largest absolute Gasteiger partial charge is 0.492 e. The Kier molecular flexibility index (Phi) is 5.28. The zero-order chi connectivity index (χ0) is 13.5. The molecule has 0 bridgehead atoms. The highest BCUT2D eigenvalue weighted by Crippen LogP contribution is 2.17. The molecule has 2 aromatic rings. The maximum atomic E-state index is 5.84. The number of rotatable bonds is 6. The molecule has 0 amide bonds. The van der Waals surface area contributed by atoms with Gasteiger partial charge in [-0.05, 0) is 31.2 Å². The van der Waals surface area contributed by atoms with E-state index in [1.54, 1.807) is 0 Å². The van der Waals surface area contributed by atoms with Crippen LogP contribution in [0.3, 0.4) is 0 Å². The van der Waals surface area contributed by atoms with Crippen molar-refractivity contribution in [2.45, 2.75) is 17.9 Å². The number of alkyl halides is 1. The SMILES string of the molecule is CC(Oc1ccccc1)C(Br)COc1ccccc1. The molecule has 2 aromatic carbocycles.